The van der Waals surface area contributed by atoms with Crippen molar-refractivity contribution in [3.05, 3.63) is 35.9 Å². The molecule has 0 aliphatic rings. The summed E-state index contributed by atoms with van der Waals surface area (Å²) in [7, 11) is 0. The smallest absolute Gasteiger partial charge is 0.0654 e. The van der Waals surface area contributed by atoms with Crippen LogP contribution in [0.3, 0.4) is 0 Å². The molecule has 0 nitrogen and oxygen atoms in total. The van der Waals surface area contributed by atoms with E-state index in [-0.39, 0.29) is 17.1 Å². The van der Waals surface area contributed by atoms with Crippen molar-refractivity contribution in [1.29, 1.82) is 0 Å². The molecular weight excluding hydrogens is 272 g/mol. The van der Waals surface area contributed by atoms with Gasteiger partial charge < -0.3 is 0 Å². The Morgan fingerprint density at radius 2 is 1.11 bits per heavy atom. The Balaban J connectivity index is 0.00000324. The molecule has 0 spiro atoms. The molecule has 1 heteroatoms. The molecule has 0 saturated carbocycles. The molecule has 0 atom stereocenters. The maximum atomic E-state index is 2.28. The minimum atomic E-state index is 0. The van der Waals surface area contributed by atoms with Crippen LogP contribution in [0, 0.1) is 0 Å². The fraction of sp³-hybridized carbons (Fsp3) is 0.667. The van der Waals surface area contributed by atoms with Gasteiger partial charge in [0.2, 0.25) is 0 Å². The number of aryl methyl sites for hydroxylation is 1. The molecule has 107 valence electrons. The Labute approximate surface area is 130 Å². The number of benzene rings is 1. The first-order valence-electron chi connectivity index (χ1n) is 7.97. The second-order valence-corrected chi connectivity index (χ2v) is 5.42. The predicted octanol–water partition coefficient (Wildman–Crippen LogP) is 6.15. The van der Waals surface area contributed by atoms with Crippen LogP contribution in [0.4, 0.5) is 0 Å². The molecule has 1 aromatic carbocycles. The van der Waals surface area contributed by atoms with Gasteiger partial charge in [0.05, 0.1) is 0 Å². The van der Waals surface area contributed by atoms with Crippen molar-refractivity contribution in [2.24, 2.45) is 0 Å². The Morgan fingerprint density at radius 3 is 1.63 bits per heavy atom. The first-order valence-corrected chi connectivity index (χ1v) is 7.97. The second-order valence-electron chi connectivity index (χ2n) is 5.42. The first-order chi connectivity index (χ1) is 8.93. The number of hydrogen-bond acceptors (Lipinski definition) is 0. The van der Waals surface area contributed by atoms with Gasteiger partial charge in [-0.15, -0.1) is 0 Å². The number of rotatable bonds is 11. The van der Waals surface area contributed by atoms with Gasteiger partial charge in [0.25, 0.3) is 0 Å². The first kappa shape index (κ1) is 18.7. The summed E-state index contributed by atoms with van der Waals surface area (Å²) in [5.74, 6) is 0. The van der Waals surface area contributed by atoms with Crippen LogP contribution in [0.25, 0.3) is 0 Å². The molecule has 0 bridgehead atoms. The SMILES string of the molecule is CCCCCCCCCCCCc1ccccc1.[Fe+3]. The van der Waals surface area contributed by atoms with Crippen LogP contribution < -0.4 is 0 Å². The quantitative estimate of drug-likeness (QED) is 0.340. The van der Waals surface area contributed by atoms with E-state index in [9.17, 15) is 0 Å². The molecule has 1 rings (SSSR count). The van der Waals surface area contributed by atoms with E-state index in [0.717, 1.165) is 0 Å². The molecule has 0 N–H and O–H groups in total. The Morgan fingerprint density at radius 1 is 0.632 bits per heavy atom. The van der Waals surface area contributed by atoms with Gasteiger partial charge in [0, 0.05) is 0 Å². The number of unbranched alkanes of at least 4 members (excludes halogenated alkanes) is 9. The molecule has 0 saturated heterocycles. The molecule has 0 amide bonds. The number of hydrogen-bond donors (Lipinski definition) is 0. The summed E-state index contributed by atoms with van der Waals surface area (Å²) < 4.78 is 0. The molecule has 0 fully saturated rings. The predicted molar refractivity (Wildman–Crippen MR) is 82.0 cm³/mol. The third-order valence-corrected chi connectivity index (χ3v) is 3.66. The molecule has 1 radical (unpaired) electrons. The summed E-state index contributed by atoms with van der Waals surface area (Å²) >= 11 is 0. The van der Waals surface area contributed by atoms with E-state index in [0.29, 0.717) is 0 Å². The molecule has 0 heterocycles. The second kappa shape index (κ2) is 14.2. The average Bonchev–Trinajstić information content (AvgIpc) is 2.42. The van der Waals surface area contributed by atoms with Gasteiger partial charge in [-0.25, -0.2) is 0 Å². The summed E-state index contributed by atoms with van der Waals surface area (Å²) in [6.07, 6.45) is 15.5. The summed E-state index contributed by atoms with van der Waals surface area (Å²) in [5, 5.41) is 0. The van der Waals surface area contributed by atoms with E-state index in [1.807, 2.05) is 0 Å². The Hall–Kier alpha value is -0.261. The van der Waals surface area contributed by atoms with E-state index < -0.39 is 0 Å². The molecule has 0 unspecified atom stereocenters. The van der Waals surface area contributed by atoms with Gasteiger partial charge in [-0.05, 0) is 18.4 Å². The summed E-state index contributed by atoms with van der Waals surface area (Å²) in [6.45, 7) is 2.28. The molecule has 0 aromatic heterocycles. The largest absolute Gasteiger partial charge is 3.00 e. The standard InChI is InChI=1S/C18H30.Fe/c1-2-3-4-5-6-7-8-9-10-12-15-18-16-13-11-14-17-18;/h11,13-14,16-17H,2-10,12,15H2,1H3;/q;+3. The van der Waals surface area contributed by atoms with E-state index in [2.05, 4.69) is 37.3 Å². The summed E-state index contributed by atoms with van der Waals surface area (Å²) in [4.78, 5) is 0. The van der Waals surface area contributed by atoms with Crippen LogP contribution in [0.1, 0.15) is 76.7 Å². The van der Waals surface area contributed by atoms with E-state index >= 15 is 0 Å². The van der Waals surface area contributed by atoms with Crippen LogP contribution in [-0.4, -0.2) is 0 Å². The molecule has 0 aliphatic carbocycles. The average molecular weight is 302 g/mol. The normalized spacial score (nSPS) is 10.2. The summed E-state index contributed by atoms with van der Waals surface area (Å²) in [5.41, 5.74) is 1.50. The van der Waals surface area contributed by atoms with Crippen LogP contribution in [0.5, 0.6) is 0 Å². The maximum Gasteiger partial charge on any atom is 3.00 e. The zero-order valence-electron chi connectivity index (χ0n) is 12.5. The van der Waals surface area contributed by atoms with Gasteiger partial charge in [-0.2, -0.15) is 0 Å². The minimum Gasteiger partial charge on any atom is -0.0654 e. The van der Waals surface area contributed by atoms with Crippen LogP contribution in [0.15, 0.2) is 30.3 Å². The van der Waals surface area contributed by atoms with Crippen LogP contribution in [0.2, 0.25) is 0 Å². The van der Waals surface area contributed by atoms with E-state index in [1.165, 1.54) is 76.2 Å². The third kappa shape index (κ3) is 11.3. The zero-order valence-corrected chi connectivity index (χ0v) is 13.6. The van der Waals surface area contributed by atoms with Gasteiger partial charge in [-0.1, -0.05) is 95.0 Å². The topological polar surface area (TPSA) is 0 Å². The van der Waals surface area contributed by atoms with Crippen molar-refractivity contribution in [3.8, 4) is 0 Å². The summed E-state index contributed by atoms with van der Waals surface area (Å²) in [6, 6.07) is 10.9. The van der Waals surface area contributed by atoms with Gasteiger partial charge in [0.15, 0.2) is 0 Å². The fourth-order valence-corrected chi connectivity index (χ4v) is 2.46. The molecular formula is C18H30Fe+3. The van der Waals surface area contributed by atoms with Crippen molar-refractivity contribution in [1.82, 2.24) is 0 Å². The minimum absolute atomic E-state index is 0. The van der Waals surface area contributed by atoms with E-state index in [4.69, 9.17) is 0 Å². The van der Waals surface area contributed by atoms with Crippen LogP contribution in [-0.2, 0) is 23.5 Å². The third-order valence-electron chi connectivity index (χ3n) is 3.66. The molecule has 1 aromatic rings. The van der Waals surface area contributed by atoms with Gasteiger partial charge >= 0.3 is 17.1 Å². The van der Waals surface area contributed by atoms with Crippen molar-refractivity contribution >= 4 is 0 Å². The van der Waals surface area contributed by atoms with Gasteiger partial charge in [-0.3, -0.25) is 0 Å². The zero-order chi connectivity index (χ0) is 12.9. The van der Waals surface area contributed by atoms with Crippen LogP contribution >= 0.6 is 0 Å². The van der Waals surface area contributed by atoms with Crippen molar-refractivity contribution < 1.29 is 17.1 Å². The Kier molecular flexibility index (Phi) is 14.0. The Bertz CT molecular complexity index is 268. The van der Waals surface area contributed by atoms with Crippen molar-refractivity contribution in [2.45, 2.75) is 77.6 Å². The monoisotopic (exact) mass is 302 g/mol. The molecule has 19 heavy (non-hydrogen) atoms. The van der Waals surface area contributed by atoms with E-state index in [1.54, 1.807) is 0 Å². The fourth-order valence-electron chi connectivity index (χ4n) is 2.46. The molecule has 0 aliphatic heterocycles. The van der Waals surface area contributed by atoms with Crippen molar-refractivity contribution in [2.75, 3.05) is 0 Å². The van der Waals surface area contributed by atoms with Gasteiger partial charge in [0.1, 0.15) is 0 Å². The maximum absolute atomic E-state index is 2.28. The van der Waals surface area contributed by atoms with Crippen molar-refractivity contribution in [3.63, 3.8) is 0 Å².